The second kappa shape index (κ2) is 12.1. The number of sulfonamides is 1. The minimum Gasteiger partial charge on any atom is -0.493 e. The maximum absolute atomic E-state index is 13.6. The van der Waals surface area contributed by atoms with E-state index in [1.54, 1.807) is 12.1 Å². The van der Waals surface area contributed by atoms with Crippen molar-refractivity contribution in [2.24, 2.45) is 0 Å². The maximum atomic E-state index is 13.6. The van der Waals surface area contributed by atoms with Crippen LogP contribution < -0.4 is 14.8 Å². The largest absolute Gasteiger partial charge is 0.493 e. The molecular formula is C26H29ClN2O5S. The smallest absolute Gasteiger partial charge is 0.243 e. The molecule has 35 heavy (non-hydrogen) atoms. The van der Waals surface area contributed by atoms with Crippen LogP contribution >= 0.6 is 11.6 Å². The van der Waals surface area contributed by atoms with Crippen LogP contribution in [0.25, 0.3) is 0 Å². The van der Waals surface area contributed by atoms with Crippen molar-refractivity contribution < 1.29 is 22.7 Å². The Labute approximate surface area is 211 Å². The van der Waals surface area contributed by atoms with Gasteiger partial charge >= 0.3 is 0 Å². The Kier molecular flexibility index (Phi) is 9.14. The Bertz CT molecular complexity index is 1230. The fourth-order valence-corrected chi connectivity index (χ4v) is 5.13. The van der Waals surface area contributed by atoms with E-state index in [2.05, 4.69) is 5.32 Å². The van der Waals surface area contributed by atoms with Gasteiger partial charge in [-0.05, 0) is 48.7 Å². The molecule has 0 unspecified atom stereocenters. The van der Waals surface area contributed by atoms with Gasteiger partial charge in [-0.15, -0.1) is 0 Å². The third-order valence-corrected chi connectivity index (χ3v) is 7.65. The predicted molar refractivity (Wildman–Crippen MR) is 136 cm³/mol. The zero-order chi connectivity index (χ0) is 25.4. The second-order valence-electron chi connectivity index (χ2n) is 7.93. The maximum Gasteiger partial charge on any atom is 0.243 e. The van der Waals surface area contributed by atoms with Gasteiger partial charge in [-0.1, -0.05) is 54.1 Å². The number of rotatable bonds is 11. The molecule has 0 saturated heterocycles. The number of ether oxygens (including phenoxy) is 2. The molecule has 3 aromatic rings. The summed E-state index contributed by atoms with van der Waals surface area (Å²) < 4.78 is 38.9. The number of methoxy groups -OCH3 is 2. The first kappa shape index (κ1) is 26.5. The summed E-state index contributed by atoms with van der Waals surface area (Å²) in [5.74, 6) is 0.291. The zero-order valence-electron chi connectivity index (χ0n) is 19.9. The van der Waals surface area contributed by atoms with E-state index in [1.165, 1.54) is 36.7 Å². The van der Waals surface area contributed by atoms with Crippen molar-refractivity contribution >= 4 is 27.5 Å². The first-order valence-electron chi connectivity index (χ1n) is 11.1. The fourth-order valence-electron chi connectivity index (χ4n) is 3.59. The second-order valence-corrected chi connectivity index (χ2v) is 10.3. The topological polar surface area (TPSA) is 84.9 Å². The van der Waals surface area contributed by atoms with Gasteiger partial charge in [-0.25, -0.2) is 8.42 Å². The summed E-state index contributed by atoms with van der Waals surface area (Å²) in [6, 6.07) is 20.7. The number of amides is 1. The Hall–Kier alpha value is -3.07. The lowest BCUT2D eigenvalue weighted by molar-refractivity contribution is -0.121. The first-order chi connectivity index (χ1) is 16.7. The predicted octanol–water partition coefficient (Wildman–Crippen LogP) is 4.47. The summed E-state index contributed by atoms with van der Waals surface area (Å²) in [5, 5.41) is 3.47. The normalized spacial score (nSPS) is 12.3. The van der Waals surface area contributed by atoms with Crippen LogP contribution in [0.5, 0.6) is 11.5 Å². The Morgan fingerprint density at radius 1 is 0.971 bits per heavy atom. The van der Waals surface area contributed by atoms with Crippen molar-refractivity contribution in [1.29, 1.82) is 0 Å². The quantitative estimate of drug-likeness (QED) is 0.406. The van der Waals surface area contributed by atoms with Crippen molar-refractivity contribution in [1.82, 2.24) is 9.62 Å². The fraction of sp³-hybridized carbons (Fsp3) is 0.269. The minimum atomic E-state index is -4.01. The van der Waals surface area contributed by atoms with E-state index in [4.69, 9.17) is 21.1 Å². The summed E-state index contributed by atoms with van der Waals surface area (Å²) >= 11 is 5.95. The molecule has 0 radical (unpaired) electrons. The number of hydrogen-bond acceptors (Lipinski definition) is 5. The van der Waals surface area contributed by atoms with E-state index in [0.29, 0.717) is 17.2 Å². The van der Waals surface area contributed by atoms with E-state index < -0.39 is 15.9 Å². The van der Waals surface area contributed by atoms with Crippen LogP contribution in [0, 0.1) is 0 Å². The molecule has 0 aliphatic heterocycles. The Morgan fingerprint density at radius 2 is 1.63 bits per heavy atom. The van der Waals surface area contributed by atoms with E-state index in [9.17, 15) is 13.2 Å². The van der Waals surface area contributed by atoms with Gasteiger partial charge in [-0.2, -0.15) is 4.31 Å². The molecule has 1 amide bonds. The molecule has 0 heterocycles. The molecule has 0 spiro atoms. The van der Waals surface area contributed by atoms with Gasteiger partial charge in [0, 0.05) is 17.6 Å². The number of carbonyl (C=O) groups is 1. The molecule has 7 nitrogen and oxygen atoms in total. The molecule has 186 valence electrons. The number of benzene rings is 3. The van der Waals surface area contributed by atoms with Crippen LogP contribution in [0.1, 0.15) is 24.1 Å². The van der Waals surface area contributed by atoms with Gasteiger partial charge in [0.25, 0.3) is 0 Å². The summed E-state index contributed by atoms with van der Waals surface area (Å²) in [4.78, 5) is 12.9. The Balaban J connectivity index is 1.83. The van der Waals surface area contributed by atoms with E-state index in [0.717, 1.165) is 11.1 Å². The highest BCUT2D eigenvalue weighted by molar-refractivity contribution is 7.89. The highest BCUT2D eigenvalue weighted by Gasteiger charge is 2.28. The van der Waals surface area contributed by atoms with Gasteiger partial charge in [0.05, 0.1) is 31.7 Å². The summed E-state index contributed by atoms with van der Waals surface area (Å²) in [5.41, 5.74) is 1.83. The Morgan fingerprint density at radius 3 is 2.26 bits per heavy atom. The van der Waals surface area contributed by atoms with Crippen LogP contribution in [0.2, 0.25) is 5.02 Å². The monoisotopic (exact) mass is 516 g/mol. The molecule has 0 fully saturated rings. The average molecular weight is 517 g/mol. The molecule has 9 heteroatoms. The molecule has 0 aliphatic rings. The van der Waals surface area contributed by atoms with Crippen molar-refractivity contribution in [3.05, 3.63) is 88.9 Å². The highest BCUT2D eigenvalue weighted by atomic mass is 35.5. The lowest BCUT2D eigenvalue weighted by atomic mass is 10.1. The lowest BCUT2D eigenvalue weighted by Gasteiger charge is -2.24. The highest BCUT2D eigenvalue weighted by Crippen LogP contribution is 2.30. The standard InChI is InChI=1S/C26H29ClN2O5S/c1-19(21-9-11-22(27)12-10-21)28-26(30)18-29(16-15-20-7-5-4-6-8-20)35(31,32)23-13-14-24(33-2)25(17-23)34-3/h4-14,17,19H,15-16,18H2,1-3H3,(H,28,30)/t19-/m0/s1. The van der Waals surface area contributed by atoms with Gasteiger partial charge in [0.2, 0.25) is 15.9 Å². The average Bonchev–Trinajstić information content (AvgIpc) is 2.86. The van der Waals surface area contributed by atoms with Gasteiger partial charge in [0.1, 0.15) is 0 Å². The van der Waals surface area contributed by atoms with Crippen LogP contribution in [0.4, 0.5) is 0 Å². The van der Waals surface area contributed by atoms with Gasteiger partial charge in [0.15, 0.2) is 11.5 Å². The first-order valence-corrected chi connectivity index (χ1v) is 12.9. The number of hydrogen-bond donors (Lipinski definition) is 1. The van der Waals surface area contributed by atoms with Crippen LogP contribution in [-0.4, -0.2) is 45.9 Å². The number of nitrogens with zero attached hydrogens (tertiary/aromatic N) is 1. The molecule has 3 rings (SSSR count). The van der Waals surface area contributed by atoms with Crippen LogP contribution in [-0.2, 0) is 21.2 Å². The SMILES string of the molecule is COc1ccc(S(=O)(=O)N(CCc2ccccc2)CC(=O)N[C@@H](C)c2ccc(Cl)cc2)cc1OC. The van der Waals surface area contributed by atoms with E-state index in [-0.39, 0.29) is 29.8 Å². The molecule has 0 bridgehead atoms. The molecular weight excluding hydrogens is 488 g/mol. The van der Waals surface area contributed by atoms with Crippen LogP contribution in [0.15, 0.2) is 77.7 Å². The third kappa shape index (κ3) is 6.97. The molecule has 0 aromatic heterocycles. The van der Waals surface area contributed by atoms with Gasteiger partial charge in [-0.3, -0.25) is 4.79 Å². The number of halogens is 1. The van der Waals surface area contributed by atoms with Gasteiger partial charge < -0.3 is 14.8 Å². The molecule has 0 saturated carbocycles. The van der Waals surface area contributed by atoms with E-state index >= 15 is 0 Å². The molecule has 3 aromatic carbocycles. The summed E-state index contributed by atoms with van der Waals surface area (Å²) in [7, 11) is -1.10. The summed E-state index contributed by atoms with van der Waals surface area (Å²) in [6.45, 7) is 1.63. The van der Waals surface area contributed by atoms with Crippen molar-refractivity contribution in [2.75, 3.05) is 27.3 Å². The number of nitrogens with one attached hydrogen (secondary N) is 1. The minimum absolute atomic E-state index is 0.0155. The lowest BCUT2D eigenvalue weighted by Crippen LogP contribution is -2.42. The van der Waals surface area contributed by atoms with E-state index in [1.807, 2.05) is 49.4 Å². The zero-order valence-corrected chi connectivity index (χ0v) is 21.5. The molecule has 1 atom stereocenters. The van der Waals surface area contributed by atoms with Crippen molar-refractivity contribution in [2.45, 2.75) is 24.3 Å². The molecule has 0 aliphatic carbocycles. The van der Waals surface area contributed by atoms with Crippen molar-refractivity contribution in [3.63, 3.8) is 0 Å². The summed E-state index contributed by atoms with van der Waals surface area (Å²) in [6.07, 6.45) is 0.452. The number of carbonyl (C=O) groups excluding carboxylic acids is 1. The van der Waals surface area contributed by atoms with Crippen molar-refractivity contribution in [3.8, 4) is 11.5 Å². The molecule has 1 N–H and O–H groups in total. The third-order valence-electron chi connectivity index (χ3n) is 5.55. The van der Waals surface area contributed by atoms with Crippen LogP contribution in [0.3, 0.4) is 0 Å².